The van der Waals surface area contributed by atoms with Gasteiger partial charge in [-0.3, -0.25) is 4.79 Å². The fraction of sp³-hybridized carbons (Fsp3) is 0.316. The Labute approximate surface area is 142 Å². The Balaban J connectivity index is 2.01. The summed E-state index contributed by atoms with van der Waals surface area (Å²) in [6, 6.07) is 15.1. The van der Waals surface area contributed by atoms with Crippen LogP contribution in [0.2, 0.25) is 5.02 Å². The predicted octanol–water partition coefficient (Wildman–Crippen LogP) is 4.44. The number of ether oxygens (including phenoxy) is 1. The first-order valence-corrected chi connectivity index (χ1v) is 8.13. The number of hydrogen-bond donors (Lipinski definition) is 0. The summed E-state index contributed by atoms with van der Waals surface area (Å²) in [7, 11) is 1.83. The molecule has 23 heavy (non-hydrogen) atoms. The molecule has 122 valence electrons. The van der Waals surface area contributed by atoms with Crippen molar-refractivity contribution in [3.63, 3.8) is 0 Å². The number of carbonyl (C=O) groups is 1. The van der Waals surface area contributed by atoms with Crippen LogP contribution in [0, 0.1) is 0 Å². The van der Waals surface area contributed by atoms with Crippen LogP contribution in [0.1, 0.15) is 29.8 Å². The number of carbonyl (C=O) groups excluding carboxylic acids is 1. The van der Waals surface area contributed by atoms with E-state index >= 15 is 0 Å². The van der Waals surface area contributed by atoms with Gasteiger partial charge in [0, 0.05) is 23.7 Å². The lowest BCUT2D eigenvalue weighted by Crippen LogP contribution is -2.36. The van der Waals surface area contributed by atoms with Crippen molar-refractivity contribution >= 4 is 17.5 Å². The number of benzene rings is 2. The molecule has 2 aromatic carbocycles. The second kappa shape index (κ2) is 8.02. The van der Waals surface area contributed by atoms with Gasteiger partial charge in [-0.2, -0.15) is 0 Å². The van der Waals surface area contributed by atoms with Crippen LogP contribution in [0.4, 0.5) is 0 Å². The van der Waals surface area contributed by atoms with E-state index in [1.54, 1.807) is 17.0 Å². The molecule has 4 heteroatoms. The zero-order chi connectivity index (χ0) is 16.8. The summed E-state index contributed by atoms with van der Waals surface area (Å²) in [4.78, 5) is 14.3. The topological polar surface area (TPSA) is 29.5 Å². The van der Waals surface area contributed by atoms with E-state index in [9.17, 15) is 4.79 Å². The minimum Gasteiger partial charge on any atom is -0.494 e. The van der Waals surface area contributed by atoms with E-state index in [-0.39, 0.29) is 11.9 Å². The lowest BCUT2D eigenvalue weighted by Gasteiger charge is -2.25. The van der Waals surface area contributed by atoms with Gasteiger partial charge in [-0.1, -0.05) is 23.7 Å². The molecule has 0 aliphatic carbocycles. The maximum Gasteiger partial charge on any atom is 0.253 e. The first-order chi connectivity index (χ1) is 11.0. The molecule has 0 saturated carbocycles. The molecule has 0 aliphatic heterocycles. The normalized spacial score (nSPS) is 11.8. The Bertz CT molecular complexity index is 637. The van der Waals surface area contributed by atoms with E-state index in [0.717, 1.165) is 22.8 Å². The Morgan fingerprint density at radius 2 is 1.74 bits per heavy atom. The fourth-order valence-electron chi connectivity index (χ4n) is 2.36. The number of nitrogens with zero attached hydrogens (tertiary/aromatic N) is 1. The minimum absolute atomic E-state index is 0.00881. The minimum atomic E-state index is 0.00881. The Morgan fingerprint density at radius 3 is 2.30 bits per heavy atom. The summed E-state index contributed by atoms with van der Waals surface area (Å²) < 4.78 is 5.40. The van der Waals surface area contributed by atoms with Crippen molar-refractivity contribution in [3.05, 3.63) is 64.7 Å². The van der Waals surface area contributed by atoms with Gasteiger partial charge in [0.1, 0.15) is 5.75 Å². The molecular formula is C19H22ClNO2. The van der Waals surface area contributed by atoms with Crippen LogP contribution in [-0.2, 0) is 6.42 Å². The van der Waals surface area contributed by atoms with Crippen molar-refractivity contribution in [2.45, 2.75) is 26.3 Å². The molecule has 1 atom stereocenters. The zero-order valence-corrected chi connectivity index (χ0v) is 14.5. The molecule has 2 aromatic rings. The number of likely N-dealkylation sites (N-methyl/N-ethyl adjacent to an activating group) is 1. The molecule has 2 rings (SSSR count). The van der Waals surface area contributed by atoms with Crippen LogP contribution < -0.4 is 4.74 Å². The van der Waals surface area contributed by atoms with E-state index in [2.05, 4.69) is 0 Å². The van der Waals surface area contributed by atoms with Gasteiger partial charge in [-0.25, -0.2) is 0 Å². The van der Waals surface area contributed by atoms with Gasteiger partial charge in [0.15, 0.2) is 0 Å². The first kappa shape index (κ1) is 17.4. The third-order valence-corrected chi connectivity index (χ3v) is 4.09. The molecule has 0 saturated heterocycles. The maximum absolute atomic E-state index is 12.6. The molecule has 0 spiro atoms. The first-order valence-electron chi connectivity index (χ1n) is 7.75. The van der Waals surface area contributed by atoms with Gasteiger partial charge in [-0.15, -0.1) is 0 Å². The van der Waals surface area contributed by atoms with E-state index in [4.69, 9.17) is 16.3 Å². The molecular weight excluding hydrogens is 310 g/mol. The SMILES string of the molecule is CCOc1ccc(C(=O)N(C)C(C)Cc2ccc(Cl)cc2)cc1. The molecule has 1 amide bonds. The monoisotopic (exact) mass is 331 g/mol. The third-order valence-electron chi connectivity index (χ3n) is 3.84. The van der Waals surface area contributed by atoms with E-state index in [1.807, 2.05) is 57.3 Å². The summed E-state index contributed by atoms with van der Waals surface area (Å²) in [5, 5.41) is 0.722. The standard InChI is InChI=1S/C19H22ClNO2/c1-4-23-18-11-7-16(8-12-18)19(22)21(3)14(2)13-15-5-9-17(20)10-6-15/h5-12,14H,4,13H2,1-3H3. The highest BCUT2D eigenvalue weighted by atomic mass is 35.5. The molecule has 0 bridgehead atoms. The molecule has 1 unspecified atom stereocenters. The van der Waals surface area contributed by atoms with Crippen molar-refractivity contribution in [1.82, 2.24) is 4.90 Å². The summed E-state index contributed by atoms with van der Waals surface area (Å²) >= 11 is 5.90. The quantitative estimate of drug-likeness (QED) is 0.783. The van der Waals surface area contributed by atoms with Crippen LogP contribution in [0.5, 0.6) is 5.75 Å². The molecule has 3 nitrogen and oxygen atoms in total. The van der Waals surface area contributed by atoms with E-state index < -0.39 is 0 Å². The largest absolute Gasteiger partial charge is 0.494 e. The number of amides is 1. The van der Waals surface area contributed by atoms with Crippen molar-refractivity contribution < 1.29 is 9.53 Å². The van der Waals surface area contributed by atoms with E-state index in [1.165, 1.54) is 0 Å². The van der Waals surface area contributed by atoms with E-state index in [0.29, 0.717) is 12.2 Å². The highest BCUT2D eigenvalue weighted by Gasteiger charge is 2.17. The molecule has 0 heterocycles. The third kappa shape index (κ3) is 4.73. The van der Waals surface area contributed by atoms with Crippen molar-refractivity contribution in [1.29, 1.82) is 0 Å². The second-order valence-electron chi connectivity index (χ2n) is 5.55. The molecule has 0 aromatic heterocycles. The average molecular weight is 332 g/mol. The Hall–Kier alpha value is -2.00. The van der Waals surface area contributed by atoms with Crippen molar-refractivity contribution in [2.75, 3.05) is 13.7 Å². The van der Waals surface area contributed by atoms with Gasteiger partial charge < -0.3 is 9.64 Å². The summed E-state index contributed by atoms with van der Waals surface area (Å²) in [5.74, 6) is 0.787. The molecule has 0 aliphatic rings. The second-order valence-corrected chi connectivity index (χ2v) is 5.99. The fourth-order valence-corrected chi connectivity index (χ4v) is 2.49. The van der Waals surface area contributed by atoms with Gasteiger partial charge in [0.2, 0.25) is 0 Å². The Kier molecular flexibility index (Phi) is 6.05. The maximum atomic E-state index is 12.6. The number of hydrogen-bond acceptors (Lipinski definition) is 2. The lowest BCUT2D eigenvalue weighted by atomic mass is 10.1. The number of halogens is 1. The van der Waals surface area contributed by atoms with Crippen molar-refractivity contribution in [3.8, 4) is 5.75 Å². The molecule has 0 N–H and O–H groups in total. The summed E-state index contributed by atoms with van der Waals surface area (Å²) in [6.45, 7) is 4.59. The van der Waals surface area contributed by atoms with Gasteiger partial charge in [0.05, 0.1) is 6.61 Å². The van der Waals surface area contributed by atoms with Crippen LogP contribution in [0.25, 0.3) is 0 Å². The molecule has 0 fully saturated rings. The van der Waals surface area contributed by atoms with Gasteiger partial charge >= 0.3 is 0 Å². The van der Waals surface area contributed by atoms with Crippen LogP contribution >= 0.6 is 11.6 Å². The summed E-state index contributed by atoms with van der Waals surface area (Å²) in [6.07, 6.45) is 0.788. The Morgan fingerprint density at radius 1 is 1.13 bits per heavy atom. The van der Waals surface area contributed by atoms with Gasteiger partial charge in [0.25, 0.3) is 5.91 Å². The highest BCUT2D eigenvalue weighted by molar-refractivity contribution is 6.30. The zero-order valence-electron chi connectivity index (χ0n) is 13.8. The van der Waals surface area contributed by atoms with Crippen LogP contribution in [0.3, 0.4) is 0 Å². The van der Waals surface area contributed by atoms with Gasteiger partial charge in [-0.05, 0) is 62.2 Å². The van der Waals surface area contributed by atoms with Crippen LogP contribution in [-0.4, -0.2) is 30.5 Å². The smallest absolute Gasteiger partial charge is 0.253 e. The molecule has 0 radical (unpaired) electrons. The highest BCUT2D eigenvalue weighted by Crippen LogP contribution is 2.16. The van der Waals surface area contributed by atoms with Crippen LogP contribution in [0.15, 0.2) is 48.5 Å². The van der Waals surface area contributed by atoms with Crippen molar-refractivity contribution in [2.24, 2.45) is 0 Å². The lowest BCUT2D eigenvalue weighted by molar-refractivity contribution is 0.0743. The average Bonchev–Trinajstić information content (AvgIpc) is 2.56. The summed E-state index contributed by atoms with van der Waals surface area (Å²) in [5.41, 5.74) is 1.83. The predicted molar refractivity (Wildman–Crippen MR) is 94.3 cm³/mol. The number of rotatable bonds is 6.